The van der Waals surface area contributed by atoms with Gasteiger partial charge in [0, 0.05) is 30.5 Å². The quantitative estimate of drug-likeness (QED) is 0.803. The highest BCUT2D eigenvalue weighted by molar-refractivity contribution is 5.86. The molecule has 1 spiro atoms. The Kier molecular flexibility index (Phi) is 3.38. The topological polar surface area (TPSA) is 49.8 Å². The van der Waals surface area contributed by atoms with Crippen molar-refractivity contribution in [1.29, 1.82) is 0 Å². The molecule has 5 heteroatoms. The summed E-state index contributed by atoms with van der Waals surface area (Å²) in [4.78, 5) is 4.53. The number of nitrogens with zero attached hydrogens (tertiary/aromatic N) is 1. The average Bonchev–Trinajstić information content (AvgIpc) is 3.08. The van der Waals surface area contributed by atoms with E-state index < -0.39 is 0 Å². The zero-order chi connectivity index (χ0) is 16.0. The zero-order valence-electron chi connectivity index (χ0n) is 13.6. The molecule has 2 aliphatic heterocycles. The fourth-order valence-corrected chi connectivity index (χ4v) is 4.21. The summed E-state index contributed by atoms with van der Waals surface area (Å²) in [6.45, 7) is 2.66. The normalized spacial score (nSPS) is 23.0. The minimum Gasteiger partial charge on any atom is -0.486 e. The van der Waals surface area contributed by atoms with Gasteiger partial charge in [-0.15, -0.1) is 0 Å². The summed E-state index contributed by atoms with van der Waals surface area (Å²) in [5.74, 6) is 1.83. The number of ether oxygens (including phenoxy) is 4. The summed E-state index contributed by atoms with van der Waals surface area (Å²) in [7, 11) is 0. The van der Waals surface area contributed by atoms with E-state index in [2.05, 4.69) is 17.1 Å². The van der Waals surface area contributed by atoms with Crippen LogP contribution in [-0.2, 0) is 9.47 Å². The molecule has 24 heavy (non-hydrogen) atoms. The molecule has 1 aromatic carbocycles. The number of aromatic nitrogens is 1. The molecular weight excluding hydrogens is 306 g/mol. The van der Waals surface area contributed by atoms with Crippen molar-refractivity contribution in [2.24, 2.45) is 0 Å². The number of benzene rings is 1. The number of fused-ring (bicyclic) bond motifs is 2. The van der Waals surface area contributed by atoms with Crippen molar-refractivity contribution in [3.63, 3.8) is 0 Å². The van der Waals surface area contributed by atoms with Gasteiger partial charge < -0.3 is 18.9 Å². The Bertz CT molecular complexity index is 759. The Morgan fingerprint density at radius 1 is 0.917 bits per heavy atom. The Balaban J connectivity index is 1.48. The molecule has 5 nitrogen and oxygen atoms in total. The molecular formula is C19H21NO4. The summed E-state index contributed by atoms with van der Waals surface area (Å²) in [6.07, 6.45) is 5.99. The smallest absolute Gasteiger partial charge is 0.168 e. The summed E-state index contributed by atoms with van der Waals surface area (Å²) >= 11 is 0. The Morgan fingerprint density at radius 3 is 2.38 bits per heavy atom. The van der Waals surface area contributed by atoms with E-state index in [4.69, 9.17) is 18.9 Å². The van der Waals surface area contributed by atoms with Crippen LogP contribution < -0.4 is 9.47 Å². The summed E-state index contributed by atoms with van der Waals surface area (Å²) in [5, 5.41) is 1.18. The standard InChI is InChI=1S/C19H21NO4/c1-4-19(23-9-10-24-19)5-2-13(1)14-3-6-20-16-12-18-17(11-15(14)16)21-7-8-22-18/h3,6,11-13H,1-2,4-5,7-10H2. The van der Waals surface area contributed by atoms with Gasteiger partial charge >= 0.3 is 0 Å². The summed E-state index contributed by atoms with van der Waals surface area (Å²) < 4.78 is 23.2. The van der Waals surface area contributed by atoms with Crippen LogP contribution in [0.3, 0.4) is 0 Å². The second-order valence-electron chi connectivity index (χ2n) is 6.80. The van der Waals surface area contributed by atoms with Crippen molar-refractivity contribution in [2.75, 3.05) is 26.4 Å². The number of rotatable bonds is 1. The molecule has 3 aliphatic rings. The average molecular weight is 327 g/mol. The lowest BCUT2D eigenvalue weighted by molar-refractivity contribution is -0.178. The molecule has 1 saturated heterocycles. The van der Waals surface area contributed by atoms with E-state index in [1.165, 1.54) is 10.9 Å². The van der Waals surface area contributed by atoms with Crippen LogP contribution in [0.15, 0.2) is 24.4 Å². The maximum Gasteiger partial charge on any atom is 0.168 e. The maximum absolute atomic E-state index is 5.86. The van der Waals surface area contributed by atoms with Crippen LogP contribution in [0.4, 0.5) is 0 Å². The first kappa shape index (κ1) is 14.5. The fourth-order valence-electron chi connectivity index (χ4n) is 4.21. The van der Waals surface area contributed by atoms with E-state index in [1.54, 1.807) is 0 Å². The monoisotopic (exact) mass is 327 g/mol. The van der Waals surface area contributed by atoms with Gasteiger partial charge in [0.15, 0.2) is 17.3 Å². The lowest BCUT2D eigenvalue weighted by atomic mass is 9.80. The third kappa shape index (κ3) is 2.34. The van der Waals surface area contributed by atoms with Crippen LogP contribution >= 0.6 is 0 Å². The van der Waals surface area contributed by atoms with Crippen LogP contribution in [-0.4, -0.2) is 37.2 Å². The molecule has 2 aromatic rings. The predicted molar refractivity (Wildman–Crippen MR) is 88.6 cm³/mol. The van der Waals surface area contributed by atoms with Crippen molar-refractivity contribution in [1.82, 2.24) is 4.98 Å². The third-order valence-corrected chi connectivity index (χ3v) is 5.44. The fraction of sp³-hybridized carbons (Fsp3) is 0.526. The molecule has 1 aliphatic carbocycles. The molecule has 126 valence electrons. The van der Waals surface area contributed by atoms with E-state index in [0.717, 1.165) is 55.9 Å². The van der Waals surface area contributed by atoms with Crippen LogP contribution in [0.2, 0.25) is 0 Å². The highest BCUT2D eigenvalue weighted by atomic mass is 16.7. The van der Waals surface area contributed by atoms with Crippen LogP contribution in [0.5, 0.6) is 11.5 Å². The first-order valence-corrected chi connectivity index (χ1v) is 8.79. The van der Waals surface area contributed by atoms with Gasteiger partial charge in [0.2, 0.25) is 0 Å². The predicted octanol–water partition coefficient (Wildman–Crippen LogP) is 3.41. The SMILES string of the molecule is c1cc(C2CCC3(CC2)OCCO3)c2cc3c(cc2n1)OCCO3. The number of hydrogen-bond donors (Lipinski definition) is 0. The molecule has 0 radical (unpaired) electrons. The molecule has 0 bridgehead atoms. The van der Waals surface area contributed by atoms with Gasteiger partial charge in [-0.2, -0.15) is 0 Å². The van der Waals surface area contributed by atoms with E-state index in [1.807, 2.05) is 12.3 Å². The van der Waals surface area contributed by atoms with Crippen LogP contribution in [0, 0.1) is 0 Å². The molecule has 1 saturated carbocycles. The minimum absolute atomic E-state index is 0.310. The molecule has 0 atom stereocenters. The molecule has 5 rings (SSSR count). The largest absolute Gasteiger partial charge is 0.486 e. The van der Waals surface area contributed by atoms with Crippen molar-refractivity contribution in [3.8, 4) is 11.5 Å². The van der Waals surface area contributed by atoms with Gasteiger partial charge in [-0.1, -0.05) is 0 Å². The molecule has 0 amide bonds. The summed E-state index contributed by atoms with van der Waals surface area (Å²) in [5.41, 5.74) is 2.33. The van der Waals surface area contributed by atoms with Crippen LogP contribution in [0.25, 0.3) is 10.9 Å². The second kappa shape index (κ2) is 5.60. The van der Waals surface area contributed by atoms with E-state index >= 15 is 0 Å². The first-order chi connectivity index (χ1) is 11.8. The third-order valence-electron chi connectivity index (χ3n) is 5.44. The Hall–Kier alpha value is -1.85. The second-order valence-corrected chi connectivity index (χ2v) is 6.80. The van der Waals surface area contributed by atoms with Crippen molar-refractivity contribution >= 4 is 10.9 Å². The first-order valence-electron chi connectivity index (χ1n) is 8.79. The number of hydrogen-bond acceptors (Lipinski definition) is 5. The Morgan fingerprint density at radius 2 is 1.62 bits per heavy atom. The zero-order valence-corrected chi connectivity index (χ0v) is 13.6. The van der Waals surface area contributed by atoms with Gasteiger partial charge in [-0.25, -0.2) is 0 Å². The van der Waals surface area contributed by atoms with Gasteiger partial charge in [0.1, 0.15) is 13.2 Å². The maximum atomic E-state index is 5.86. The molecule has 0 N–H and O–H groups in total. The molecule has 2 fully saturated rings. The Labute approximate surface area is 140 Å². The summed E-state index contributed by atoms with van der Waals surface area (Å²) in [6, 6.07) is 6.25. The lowest BCUT2D eigenvalue weighted by Gasteiger charge is -2.35. The number of pyridine rings is 1. The van der Waals surface area contributed by atoms with Gasteiger partial charge in [0.25, 0.3) is 0 Å². The molecule has 0 unspecified atom stereocenters. The molecule has 1 aromatic heterocycles. The van der Waals surface area contributed by atoms with E-state index in [9.17, 15) is 0 Å². The van der Waals surface area contributed by atoms with Crippen molar-refractivity contribution in [2.45, 2.75) is 37.4 Å². The molecule has 3 heterocycles. The van der Waals surface area contributed by atoms with E-state index in [0.29, 0.717) is 19.1 Å². The van der Waals surface area contributed by atoms with Gasteiger partial charge in [-0.05, 0) is 36.5 Å². The highest BCUT2D eigenvalue weighted by Crippen LogP contribution is 2.45. The highest BCUT2D eigenvalue weighted by Gasteiger charge is 2.40. The van der Waals surface area contributed by atoms with Crippen molar-refractivity contribution < 1.29 is 18.9 Å². The van der Waals surface area contributed by atoms with Gasteiger partial charge in [-0.3, -0.25) is 4.98 Å². The van der Waals surface area contributed by atoms with Crippen molar-refractivity contribution in [3.05, 3.63) is 30.0 Å². The van der Waals surface area contributed by atoms with E-state index in [-0.39, 0.29) is 5.79 Å². The van der Waals surface area contributed by atoms with Crippen LogP contribution in [0.1, 0.15) is 37.2 Å². The van der Waals surface area contributed by atoms with Gasteiger partial charge in [0.05, 0.1) is 18.7 Å². The minimum atomic E-state index is -0.310. The lowest BCUT2D eigenvalue weighted by Crippen LogP contribution is -2.34.